The summed E-state index contributed by atoms with van der Waals surface area (Å²) < 4.78 is 0. The number of piperidine rings is 1. The van der Waals surface area contributed by atoms with Crippen LogP contribution >= 0.6 is 0 Å². The van der Waals surface area contributed by atoms with E-state index in [1.807, 2.05) is 36.4 Å². The van der Waals surface area contributed by atoms with Crippen LogP contribution in [0.2, 0.25) is 0 Å². The molecule has 26 heavy (non-hydrogen) atoms. The van der Waals surface area contributed by atoms with Crippen molar-refractivity contribution in [1.82, 2.24) is 9.97 Å². The molecule has 1 fully saturated rings. The van der Waals surface area contributed by atoms with E-state index in [1.54, 1.807) is 6.33 Å². The zero-order valence-corrected chi connectivity index (χ0v) is 14.9. The third-order valence-electron chi connectivity index (χ3n) is 5.00. The topological polar surface area (TPSA) is 41.0 Å². The third-order valence-corrected chi connectivity index (χ3v) is 5.00. The molecule has 1 aliphatic heterocycles. The Morgan fingerprint density at radius 1 is 0.885 bits per heavy atom. The van der Waals surface area contributed by atoms with E-state index in [4.69, 9.17) is 0 Å². The predicted octanol–water partition coefficient (Wildman–Crippen LogP) is 4.68. The van der Waals surface area contributed by atoms with E-state index in [1.165, 1.54) is 24.8 Å². The van der Waals surface area contributed by atoms with Crippen LogP contribution in [0.4, 0.5) is 17.3 Å². The summed E-state index contributed by atoms with van der Waals surface area (Å²) in [6, 6.07) is 23.0. The molecule has 3 aromatic rings. The van der Waals surface area contributed by atoms with Gasteiger partial charge in [-0.05, 0) is 42.9 Å². The fourth-order valence-corrected chi connectivity index (χ4v) is 3.57. The Balaban J connectivity index is 1.36. The van der Waals surface area contributed by atoms with Crippen LogP contribution in [0.1, 0.15) is 18.4 Å². The van der Waals surface area contributed by atoms with Crippen LogP contribution in [-0.2, 0) is 6.42 Å². The Morgan fingerprint density at radius 2 is 1.58 bits per heavy atom. The van der Waals surface area contributed by atoms with Crippen LogP contribution < -0.4 is 10.2 Å². The Morgan fingerprint density at radius 3 is 2.31 bits per heavy atom. The van der Waals surface area contributed by atoms with E-state index in [9.17, 15) is 0 Å². The van der Waals surface area contributed by atoms with Crippen LogP contribution in [-0.4, -0.2) is 23.1 Å². The average molecular weight is 344 g/mol. The Hall–Kier alpha value is -2.88. The van der Waals surface area contributed by atoms with E-state index in [0.717, 1.165) is 36.3 Å². The number of para-hydroxylation sites is 1. The van der Waals surface area contributed by atoms with Crippen molar-refractivity contribution < 1.29 is 0 Å². The molecular formula is C22H24N4. The van der Waals surface area contributed by atoms with E-state index >= 15 is 0 Å². The first-order valence-electron chi connectivity index (χ1n) is 9.30. The van der Waals surface area contributed by atoms with Gasteiger partial charge in [0.05, 0.1) is 0 Å². The number of hydrogen-bond acceptors (Lipinski definition) is 4. The number of nitrogens with zero attached hydrogens (tertiary/aromatic N) is 3. The number of rotatable bonds is 5. The minimum atomic E-state index is 0.761. The van der Waals surface area contributed by atoms with Gasteiger partial charge in [0.1, 0.15) is 18.0 Å². The highest BCUT2D eigenvalue weighted by Gasteiger charge is 2.20. The van der Waals surface area contributed by atoms with Crippen LogP contribution in [0.25, 0.3) is 0 Å². The summed E-state index contributed by atoms with van der Waals surface area (Å²) in [7, 11) is 0. The van der Waals surface area contributed by atoms with E-state index in [2.05, 4.69) is 50.5 Å². The fraction of sp³-hybridized carbons (Fsp3) is 0.273. The summed E-state index contributed by atoms with van der Waals surface area (Å²) in [6.07, 6.45) is 5.25. The number of nitrogens with one attached hydrogen (secondary N) is 1. The van der Waals surface area contributed by atoms with Gasteiger partial charge < -0.3 is 10.2 Å². The van der Waals surface area contributed by atoms with Crippen molar-refractivity contribution in [3.8, 4) is 0 Å². The fourth-order valence-electron chi connectivity index (χ4n) is 3.57. The third kappa shape index (κ3) is 4.20. The lowest BCUT2D eigenvalue weighted by molar-refractivity contribution is 0.402. The second-order valence-corrected chi connectivity index (χ2v) is 6.87. The van der Waals surface area contributed by atoms with Crippen molar-refractivity contribution in [3.63, 3.8) is 0 Å². The number of aromatic nitrogens is 2. The van der Waals surface area contributed by atoms with Gasteiger partial charge in [-0.15, -0.1) is 0 Å². The molecule has 0 amide bonds. The van der Waals surface area contributed by atoms with Crippen molar-refractivity contribution in [2.75, 3.05) is 23.3 Å². The lowest BCUT2D eigenvalue weighted by Crippen LogP contribution is -2.34. The normalized spacial score (nSPS) is 15.0. The Bertz CT molecular complexity index is 812. The zero-order valence-electron chi connectivity index (χ0n) is 14.9. The molecule has 0 saturated carbocycles. The highest BCUT2D eigenvalue weighted by Crippen LogP contribution is 2.26. The number of hydrogen-bond donors (Lipinski definition) is 1. The van der Waals surface area contributed by atoms with Crippen LogP contribution in [0.15, 0.2) is 73.1 Å². The van der Waals surface area contributed by atoms with Crippen LogP contribution in [0, 0.1) is 5.92 Å². The van der Waals surface area contributed by atoms with Gasteiger partial charge in [0.15, 0.2) is 0 Å². The molecule has 0 bridgehead atoms. The second kappa shape index (κ2) is 8.00. The zero-order chi connectivity index (χ0) is 17.6. The smallest absolute Gasteiger partial charge is 0.135 e. The molecular weight excluding hydrogens is 320 g/mol. The largest absolute Gasteiger partial charge is 0.356 e. The summed E-state index contributed by atoms with van der Waals surface area (Å²) in [6.45, 7) is 2.11. The van der Waals surface area contributed by atoms with Crippen LogP contribution in [0.5, 0.6) is 0 Å². The van der Waals surface area contributed by atoms with E-state index in [0.29, 0.717) is 0 Å². The molecule has 1 saturated heterocycles. The molecule has 0 aliphatic carbocycles. The van der Waals surface area contributed by atoms with Gasteiger partial charge in [-0.2, -0.15) is 0 Å². The number of anilines is 3. The molecule has 2 aromatic carbocycles. The molecule has 0 unspecified atom stereocenters. The predicted molar refractivity (Wildman–Crippen MR) is 107 cm³/mol. The van der Waals surface area contributed by atoms with Gasteiger partial charge in [0, 0.05) is 24.8 Å². The maximum atomic E-state index is 4.49. The van der Waals surface area contributed by atoms with E-state index in [-0.39, 0.29) is 0 Å². The van der Waals surface area contributed by atoms with Gasteiger partial charge in [0.25, 0.3) is 0 Å². The second-order valence-electron chi connectivity index (χ2n) is 6.87. The van der Waals surface area contributed by atoms with Gasteiger partial charge >= 0.3 is 0 Å². The van der Waals surface area contributed by atoms with Crippen molar-refractivity contribution in [2.24, 2.45) is 5.92 Å². The van der Waals surface area contributed by atoms with Crippen LogP contribution in [0.3, 0.4) is 0 Å². The molecule has 0 spiro atoms. The summed E-state index contributed by atoms with van der Waals surface area (Å²) >= 11 is 0. The monoisotopic (exact) mass is 344 g/mol. The first-order valence-corrected chi connectivity index (χ1v) is 9.30. The Kier molecular flexibility index (Phi) is 5.10. The molecule has 0 radical (unpaired) electrons. The lowest BCUT2D eigenvalue weighted by Gasteiger charge is -2.33. The van der Waals surface area contributed by atoms with Gasteiger partial charge in [0.2, 0.25) is 0 Å². The highest BCUT2D eigenvalue weighted by atomic mass is 15.2. The standard InChI is InChI=1S/C22H24N4/c1-3-7-18(8-4-1)15-19-11-13-26(14-12-19)22-16-21(23-17-24-22)25-20-9-5-2-6-10-20/h1-10,16-17,19H,11-15H2,(H,23,24,25). The SMILES string of the molecule is c1ccc(CC2CCN(c3cc(Nc4ccccc4)ncn3)CC2)cc1. The van der Waals surface area contributed by atoms with Crippen molar-refractivity contribution in [1.29, 1.82) is 0 Å². The first-order chi connectivity index (χ1) is 12.9. The highest BCUT2D eigenvalue weighted by molar-refractivity contribution is 5.59. The quantitative estimate of drug-likeness (QED) is 0.730. The molecule has 132 valence electrons. The molecule has 1 aliphatic rings. The Labute approximate surface area is 154 Å². The van der Waals surface area contributed by atoms with Gasteiger partial charge in [-0.25, -0.2) is 9.97 Å². The molecule has 1 aromatic heterocycles. The molecule has 4 nitrogen and oxygen atoms in total. The van der Waals surface area contributed by atoms with Crippen molar-refractivity contribution in [3.05, 3.63) is 78.6 Å². The molecule has 4 rings (SSSR count). The summed E-state index contributed by atoms with van der Waals surface area (Å²) in [5.41, 5.74) is 2.49. The number of benzene rings is 2. The van der Waals surface area contributed by atoms with Crippen molar-refractivity contribution >= 4 is 17.3 Å². The molecule has 4 heteroatoms. The van der Waals surface area contributed by atoms with E-state index < -0.39 is 0 Å². The summed E-state index contributed by atoms with van der Waals surface area (Å²) in [5, 5.41) is 3.35. The molecule has 1 N–H and O–H groups in total. The molecule has 2 heterocycles. The maximum Gasteiger partial charge on any atom is 0.135 e. The summed E-state index contributed by atoms with van der Waals surface area (Å²) in [4.78, 5) is 11.2. The maximum absolute atomic E-state index is 4.49. The summed E-state index contributed by atoms with van der Waals surface area (Å²) in [5.74, 6) is 2.61. The lowest BCUT2D eigenvalue weighted by atomic mass is 9.90. The van der Waals surface area contributed by atoms with Gasteiger partial charge in [-0.1, -0.05) is 48.5 Å². The van der Waals surface area contributed by atoms with Crippen molar-refractivity contribution in [2.45, 2.75) is 19.3 Å². The first kappa shape index (κ1) is 16.6. The minimum absolute atomic E-state index is 0.761. The molecule has 0 atom stereocenters. The van der Waals surface area contributed by atoms with Gasteiger partial charge in [-0.3, -0.25) is 0 Å². The minimum Gasteiger partial charge on any atom is -0.356 e. The average Bonchev–Trinajstić information content (AvgIpc) is 2.70.